The summed E-state index contributed by atoms with van der Waals surface area (Å²) in [7, 11) is -1.83. The lowest BCUT2D eigenvalue weighted by atomic mass is 9.94. The third-order valence-corrected chi connectivity index (χ3v) is 4.49. The van der Waals surface area contributed by atoms with E-state index < -0.39 is 10.0 Å². The van der Waals surface area contributed by atoms with Gasteiger partial charge >= 0.3 is 0 Å². The highest BCUT2D eigenvalue weighted by molar-refractivity contribution is 7.92. The van der Waals surface area contributed by atoms with Gasteiger partial charge in [0.1, 0.15) is 5.75 Å². The molecule has 0 heterocycles. The summed E-state index contributed by atoms with van der Waals surface area (Å²) in [6.45, 7) is 6.03. The van der Waals surface area contributed by atoms with Crippen LogP contribution in [0.3, 0.4) is 0 Å². The van der Waals surface area contributed by atoms with Crippen LogP contribution in [0.2, 0.25) is 0 Å². The summed E-state index contributed by atoms with van der Waals surface area (Å²) < 4.78 is 25.5. The molecule has 0 aliphatic heterocycles. The molecule has 1 aromatic rings. The Kier molecular flexibility index (Phi) is 4.27. The van der Waals surface area contributed by atoms with Crippen LogP contribution in [0.5, 0.6) is 5.75 Å². The standard InChI is InChI=1S/C13H21NO3S/c1-13(2,3)8-9-18(16,17)14(4)11-6-5-7-12(15)10-11/h5-7,10,15H,8-9H2,1-4H3. The average molecular weight is 271 g/mol. The molecule has 0 spiro atoms. The van der Waals surface area contributed by atoms with Gasteiger partial charge in [-0.25, -0.2) is 8.42 Å². The van der Waals surface area contributed by atoms with E-state index in [1.54, 1.807) is 12.1 Å². The maximum Gasteiger partial charge on any atom is 0.234 e. The molecule has 5 heteroatoms. The first-order valence-electron chi connectivity index (χ1n) is 5.87. The van der Waals surface area contributed by atoms with Gasteiger partial charge in [-0.2, -0.15) is 0 Å². The lowest BCUT2D eigenvalue weighted by Crippen LogP contribution is -2.30. The van der Waals surface area contributed by atoms with E-state index in [9.17, 15) is 13.5 Å². The van der Waals surface area contributed by atoms with Crippen LogP contribution in [0, 0.1) is 5.41 Å². The first kappa shape index (κ1) is 14.8. The first-order valence-corrected chi connectivity index (χ1v) is 7.48. The molecular weight excluding hydrogens is 250 g/mol. The molecule has 0 radical (unpaired) electrons. The Bertz CT molecular complexity index is 503. The highest BCUT2D eigenvalue weighted by Crippen LogP contribution is 2.24. The fraction of sp³-hybridized carbons (Fsp3) is 0.538. The second-order valence-electron chi connectivity index (χ2n) is 5.61. The second-order valence-corrected chi connectivity index (χ2v) is 7.73. The van der Waals surface area contributed by atoms with Crippen molar-refractivity contribution in [3.63, 3.8) is 0 Å². The summed E-state index contributed by atoms with van der Waals surface area (Å²) in [6, 6.07) is 6.24. The van der Waals surface area contributed by atoms with Gasteiger partial charge in [0.2, 0.25) is 10.0 Å². The van der Waals surface area contributed by atoms with Crippen LogP contribution in [-0.4, -0.2) is 26.3 Å². The molecular formula is C13H21NO3S. The Morgan fingerprint density at radius 1 is 1.28 bits per heavy atom. The SMILES string of the molecule is CN(c1cccc(O)c1)S(=O)(=O)CCC(C)(C)C. The molecule has 1 N–H and O–H groups in total. The maximum atomic E-state index is 12.1. The molecule has 0 aliphatic rings. The monoisotopic (exact) mass is 271 g/mol. The number of phenolic OH excluding ortho intramolecular Hbond substituents is 1. The lowest BCUT2D eigenvalue weighted by molar-refractivity contribution is 0.397. The van der Waals surface area contributed by atoms with E-state index >= 15 is 0 Å². The van der Waals surface area contributed by atoms with E-state index in [2.05, 4.69) is 0 Å². The predicted molar refractivity (Wildman–Crippen MR) is 74.4 cm³/mol. The zero-order chi connectivity index (χ0) is 14.0. The van der Waals surface area contributed by atoms with Gasteiger partial charge in [-0.1, -0.05) is 26.8 Å². The first-order chi connectivity index (χ1) is 8.12. The maximum absolute atomic E-state index is 12.1. The third kappa shape index (κ3) is 4.22. The van der Waals surface area contributed by atoms with E-state index in [0.29, 0.717) is 12.1 Å². The minimum Gasteiger partial charge on any atom is -0.508 e. The van der Waals surface area contributed by atoms with Crippen LogP contribution < -0.4 is 4.31 Å². The van der Waals surface area contributed by atoms with Crippen molar-refractivity contribution in [3.8, 4) is 5.75 Å². The molecule has 0 saturated carbocycles. The molecule has 0 aliphatic carbocycles. The predicted octanol–water partition coefficient (Wildman–Crippen LogP) is 2.59. The van der Waals surface area contributed by atoms with Gasteiger partial charge in [0.25, 0.3) is 0 Å². The number of benzene rings is 1. The minimum absolute atomic E-state index is 0.0211. The number of nitrogens with zero attached hydrogens (tertiary/aromatic N) is 1. The number of phenols is 1. The Hall–Kier alpha value is -1.23. The van der Waals surface area contributed by atoms with Crippen LogP contribution in [0.4, 0.5) is 5.69 Å². The van der Waals surface area contributed by atoms with Crippen LogP contribution in [0.1, 0.15) is 27.2 Å². The van der Waals surface area contributed by atoms with Crippen molar-refractivity contribution in [2.45, 2.75) is 27.2 Å². The quantitative estimate of drug-likeness (QED) is 0.915. The minimum atomic E-state index is -3.34. The van der Waals surface area contributed by atoms with Crippen LogP contribution in [0.15, 0.2) is 24.3 Å². The molecule has 0 bridgehead atoms. The van der Waals surface area contributed by atoms with Gasteiger partial charge < -0.3 is 5.11 Å². The number of anilines is 1. The third-order valence-electron chi connectivity index (χ3n) is 2.72. The molecule has 0 amide bonds. The van der Waals surface area contributed by atoms with Crippen molar-refractivity contribution in [1.82, 2.24) is 0 Å². The van der Waals surface area contributed by atoms with Gasteiger partial charge in [0.05, 0.1) is 11.4 Å². The van der Waals surface area contributed by atoms with Gasteiger partial charge in [0.15, 0.2) is 0 Å². The van der Waals surface area contributed by atoms with E-state index in [4.69, 9.17) is 0 Å². The number of hydrogen-bond donors (Lipinski definition) is 1. The molecule has 0 aromatic heterocycles. The Labute approximate surface area is 109 Å². The molecule has 18 heavy (non-hydrogen) atoms. The fourth-order valence-electron chi connectivity index (χ4n) is 1.42. The van der Waals surface area contributed by atoms with Gasteiger partial charge in [0, 0.05) is 13.1 Å². The summed E-state index contributed by atoms with van der Waals surface area (Å²) in [4.78, 5) is 0. The van der Waals surface area contributed by atoms with E-state index in [0.717, 1.165) is 0 Å². The molecule has 1 aromatic carbocycles. The molecule has 4 nitrogen and oxygen atoms in total. The van der Waals surface area contributed by atoms with Gasteiger partial charge in [-0.05, 0) is 24.0 Å². The van der Waals surface area contributed by atoms with Gasteiger partial charge in [-0.15, -0.1) is 0 Å². The summed E-state index contributed by atoms with van der Waals surface area (Å²) in [5.41, 5.74) is 0.455. The number of aromatic hydroxyl groups is 1. The zero-order valence-corrected chi connectivity index (χ0v) is 12.2. The zero-order valence-electron chi connectivity index (χ0n) is 11.3. The van der Waals surface area contributed by atoms with Crippen LogP contribution >= 0.6 is 0 Å². The molecule has 1 rings (SSSR count). The molecule has 102 valence electrons. The van der Waals surface area contributed by atoms with E-state index in [1.165, 1.54) is 23.5 Å². The summed E-state index contributed by atoms with van der Waals surface area (Å²) in [6.07, 6.45) is 0.596. The highest BCUT2D eigenvalue weighted by Gasteiger charge is 2.22. The second kappa shape index (κ2) is 5.18. The fourth-order valence-corrected chi connectivity index (χ4v) is 3.00. The van der Waals surface area contributed by atoms with Crippen molar-refractivity contribution in [2.75, 3.05) is 17.1 Å². The number of rotatable bonds is 4. The summed E-state index contributed by atoms with van der Waals surface area (Å²) >= 11 is 0. The van der Waals surface area contributed by atoms with Crippen molar-refractivity contribution in [1.29, 1.82) is 0 Å². The molecule has 0 atom stereocenters. The molecule has 0 fully saturated rings. The highest BCUT2D eigenvalue weighted by atomic mass is 32.2. The molecule has 0 unspecified atom stereocenters. The van der Waals surface area contributed by atoms with Crippen molar-refractivity contribution in [2.24, 2.45) is 5.41 Å². The Morgan fingerprint density at radius 2 is 1.89 bits per heavy atom. The molecule has 0 saturated heterocycles. The average Bonchev–Trinajstić information content (AvgIpc) is 2.25. The van der Waals surface area contributed by atoms with Gasteiger partial charge in [-0.3, -0.25) is 4.31 Å². The Balaban J connectivity index is 2.86. The number of sulfonamides is 1. The summed E-state index contributed by atoms with van der Waals surface area (Å²) in [5.74, 6) is 0.160. The van der Waals surface area contributed by atoms with Crippen molar-refractivity contribution < 1.29 is 13.5 Å². The largest absolute Gasteiger partial charge is 0.508 e. The van der Waals surface area contributed by atoms with Crippen molar-refractivity contribution in [3.05, 3.63) is 24.3 Å². The van der Waals surface area contributed by atoms with Crippen molar-refractivity contribution >= 4 is 15.7 Å². The van der Waals surface area contributed by atoms with Crippen LogP contribution in [0.25, 0.3) is 0 Å². The Morgan fingerprint density at radius 3 is 2.39 bits per heavy atom. The number of hydrogen-bond acceptors (Lipinski definition) is 3. The van der Waals surface area contributed by atoms with E-state index in [-0.39, 0.29) is 16.9 Å². The lowest BCUT2D eigenvalue weighted by Gasteiger charge is -2.23. The summed E-state index contributed by atoms with van der Waals surface area (Å²) in [5, 5.41) is 9.37. The normalized spacial score (nSPS) is 12.4. The van der Waals surface area contributed by atoms with E-state index in [1.807, 2.05) is 20.8 Å². The van der Waals surface area contributed by atoms with Crippen LogP contribution in [-0.2, 0) is 10.0 Å². The topological polar surface area (TPSA) is 57.6 Å². The smallest absolute Gasteiger partial charge is 0.234 e.